The molecule has 1 heterocycles. The molecule has 0 N–H and O–H groups in total. The van der Waals surface area contributed by atoms with E-state index in [2.05, 4.69) is 47.0 Å². The third kappa shape index (κ3) is 5.62. The van der Waals surface area contributed by atoms with Crippen molar-refractivity contribution in [1.82, 2.24) is 9.66 Å². The number of rotatable bonds is 8. The number of hydrogen-bond donors (Lipinski definition) is 0. The normalized spacial score (nSPS) is 12.3. The Morgan fingerprint density at radius 2 is 1.94 bits per heavy atom. The second-order valence-electron chi connectivity index (χ2n) is 8.49. The van der Waals surface area contributed by atoms with E-state index in [0.29, 0.717) is 34.8 Å². The average Bonchev–Trinajstić information content (AvgIpc) is 2.87. The van der Waals surface area contributed by atoms with E-state index in [0.717, 1.165) is 22.0 Å². The molecule has 0 aliphatic rings. The molecule has 1 atom stereocenters. The highest BCUT2D eigenvalue weighted by Gasteiger charge is 2.16. The predicted molar refractivity (Wildman–Crippen MR) is 144 cm³/mol. The number of nitrogens with zero attached hydrogens (tertiary/aromatic N) is 3. The van der Waals surface area contributed by atoms with Gasteiger partial charge in [0.2, 0.25) is 0 Å². The molecule has 35 heavy (non-hydrogen) atoms. The van der Waals surface area contributed by atoms with Gasteiger partial charge in [0.1, 0.15) is 12.4 Å². The fraction of sp³-hybridized carbons (Fsp3) is 0.250. The van der Waals surface area contributed by atoms with Crippen LogP contribution in [0.1, 0.15) is 48.7 Å². The minimum atomic E-state index is -0.201. The molecule has 0 saturated carbocycles. The number of halogens is 1. The standard InChI is InChI=1S/C28H28BrN3O3/c1-5-19(3)27-31-24-11-10-22(29)15-23(24)28(33)32(27)30-16-20-9-12-25(26(14-20)34-4)35-17-21-8-6-7-18(2)13-21/h6-16,19H,5,17H2,1-4H3/t19-/m0/s1. The van der Waals surface area contributed by atoms with E-state index in [1.165, 1.54) is 10.2 Å². The van der Waals surface area contributed by atoms with Gasteiger partial charge in [0.15, 0.2) is 11.5 Å². The Morgan fingerprint density at radius 3 is 2.69 bits per heavy atom. The monoisotopic (exact) mass is 533 g/mol. The summed E-state index contributed by atoms with van der Waals surface area (Å²) in [5.41, 5.74) is 3.52. The first kappa shape index (κ1) is 24.7. The maximum absolute atomic E-state index is 13.3. The van der Waals surface area contributed by atoms with Crippen LogP contribution in [0, 0.1) is 6.92 Å². The molecule has 0 saturated heterocycles. The quantitative estimate of drug-likeness (QED) is 0.244. The second kappa shape index (κ2) is 10.9. The summed E-state index contributed by atoms with van der Waals surface area (Å²) in [5.74, 6) is 1.94. The van der Waals surface area contributed by atoms with Crippen LogP contribution in [-0.2, 0) is 6.61 Å². The third-order valence-electron chi connectivity index (χ3n) is 5.87. The fourth-order valence-electron chi connectivity index (χ4n) is 3.75. The van der Waals surface area contributed by atoms with Gasteiger partial charge in [-0.2, -0.15) is 9.78 Å². The molecule has 0 amide bonds. The first-order valence-corrected chi connectivity index (χ1v) is 12.3. The van der Waals surface area contributed by atoms with E-state index < -0.39 is 0 Å². The van der Waals surface area contributed by atoms with Gasteiger partial charge in [-0.25, -0.2) is 4.98 Å². The highest BCUT2D eigenvalue weighted by atomic mass is 79.9. The lowest BCUT2D eigenvalue weighted by molar-refractivity contribution is 0.284. The number of benzene rings is 3. The van der Waals surface area contributed by atoms with Crippen LogP contribution in [0.15, 0.2) is 75.0 Å². The van der Waals surface area contributed by atoms with E-state index in [4.69, 9.17) is 14.5 Å². The van der Waals surface area contributed by atoms with Crippen LogP contribution in [0.2, 0.25) is 0 Å². The zero-order valence-electron chi connectivity index (χ0n) is 20.3. The number of aryl methyl sites for hydroxylation is 1. The summed E-state index contributed by atoms with van der Waals surface area (Å²) >= 11 is 3.44. The topological polar surface area (TPSA) is 65.7 Å². The van der Waals surface area contributed by atoms with E-state index in [9.17, 15) is 4.79 Å². The Labute approximate surface area is 213 Å². The van der Waals surface area contributed by atoms with Crippen LogP contribution in [0.5, 0.6) is 11.5 Å². The molecule has 0 bridgehead atoms. The van der Waals surface area contributed by atoms with Gasteiger partial charge in [0.05, 0.1) is 24.2 Å². The molecule has 1 aromatic heterocycles. The third-order valence-corrected chi connectivity index (χ3v) is 6.37. The molecule has 0 unspecified atom stereocenters. The van der Waals surface area contributed by atoms with Crippen molar-refractivity contribution in [3.05, 3.63) is 98.0 Å². The van der Waals surface area contributed by atoms with Crippen molar-refractivity contribution in [2.45, 2.75) is 39.7 Å². The Morgan fingerprint density at radius 1 is 1.11 bits per heavy atom. The summed E-state index contributed by atoms with van der Waals surface area (Å²) in [5, 5.41) is 5.05. The molecule has 4 rings (SSSR count). The number of fused-ring (bicyclic) bond motifs is 1. The predicted octanol–water partition coefficient (Wildman–Crippen LogP) is 6.45. The van der Waals surface area contributed by atoms with E-state index in [1.807, 2.05) is 49.4 Å². The molecule has 0 aliphatic heterocycles. The van der Waals surface area contributed by atoms with Crippen LogP contribution in [0.3, 0.4) is 0 Å². The minimum Gasteiger partial charge on any atom is -0.493 e. The summed E-state index contributed by atoms with van der Waals surface area (Å²) in [6, 6.07) is 19.3. The first-order chi connectivity index (χ1) is 16.9. The molecule has 0 fully saturated rings. The van der Waals surface area contributed by atoms with Crippen molar-refractivity contribution in [3.8, 4) is 11.5 Å². The lowest BCUT2D eigenvalue weighted by Gasteiger charge is -2.14. The molecular formula is C28H28BrN3O3. The number of hydrogen-bond acceptors (Lipinski definition) is 5. The van der Waals surface area contributed by atoms with Gasteiger partial charge in [0.25, 0.3) is 5.56 Å². The van der Waals surface area contributed by atoms with Crippen LogP contribution in [0.25, 0.3) is 10.9 Å². The summed E-state index contributed by atoms with van der Waals surface area (Å²) in [7, 11) is 1.60. The molecule has 0 aliphatic carbocycles. The van der Waals surface area contributed by atoms with E-state index >= 15 is 0 Å². The largest absolute Gasteiger partial charge is 0.493 e. The molecule has 3 aromatic carbocycles. The summed E-state index contributed by atoms with van der Waals surface area (Å²) in [6.07, 6.45) is 2.48. The van der Waals surface area contributed by atoms with Gasteiger partial charge in [0, 0.05) is 10.4 Å². The van der Waals surface area contributed by atoms with Crippen LogP contribution >= 0.6 is 15.9 Å². The average molecular weight is 534 g/mol. The van der Waals surface area contributed by atoms with Gasteiger partial charge in [-0.15, -0.1) is 0 Å². The SMILES string of the molecule is CC[C@H](C)c1nc2ccc(Br)cc2c(=O)n1N=Cc1ccc(OCc2cccc(C)c2)c(OC)c1. The summed E-state index contributed by atoms with van der Waals surface area (Å²) < 4.78 is 13.8. The van der Waals surface area contributed by atoms with Gasteiger partial charge < -0.3 is 9.47 Å². The smallest absolute Gasteiger partial charge is 0.282 e. The maximum atomic E-state index is 13.3. The minimum absolute atomic E-state index is 0.0693. The van der Waals surface area contributed by atoms with Gasteiger partial charge in [-0.1, -0.05) is 59.6 Å². The molecule has 0 radical (unpaired) electrons. The van der Waals surface area contributed by atoms with Gasteiger partial charge in [-0.05, 0) is 60.9 Å². The second-order valence-corrected chi connectivity index (χ2v) is 9.41. The number of aromatic nitrogens is 2. The maximum Gasteiger partial charge on any atom is 0.282 e. The van der Waals surface area contributed by atoms with Crippen LogP contribution in [0.4, 0.5) is 0 Å². The fourth-order valence-corrected chi connectivity index (χ4v) is 4.11. The Balaban J connectivity index is 1.65. The van der Waals surface area contributed by atoms with Crippen molar-refractivity contribution < 1.29 is 9.47 Å². The zero-order valence-corrected chi connectivity index (χ0v) is 21.9. The lowest BCUT2D eigenvalue weighted by Crippen LogP contribution is -2.23. The molecule has 7 heteroatoms. The van der Waals surface area contributed by atoms with Crippen molar-refractivity contribution in [1.29, 1.82) is 0 Å². The van der Waals surface area contributed by atoms with Gasteiger partial charge >= 0.3 is 0 Å². The van der Waals surface area contributed by atoms with Crippen molar-refractivity contribution in [2.24, 2.45) is 5.10 Å². The Bertz CT molecular complexity index is 1450. The molecule has 4 aromatic rings. The number of methoxy groups -OCH3 is 1. The Hall–Kier alpha value is -3.45. The van der Waals surface area contributed by atoms with E-state index in [-0.39, 0.29) is 11.5 Å². The number of ether oxygens (including phenoxy) is 2. The summed E-state index contributed by atoms with van der Waals surface area (Å²) in [6.45, 7) is 6.61. The Kier molecular flexibility index (Phi) is 7.66. The highest BCUT2D eigenvalue weighted by Crippen LogP contribution is 2.28. The first-order valence-electron chi connectivity index (χ1n) is 11.5. The van der Waals surface area contributed by atoms with Crippen molar-refractivity contribution in [3.63, 3.8) is 0 Å². The zero-order chi connectivity index (χ0) is 24.9. The van der Waals surface area contributed by atoms with Crippen LogP contribution in [-0.4, -0.2) is 23.0 Å². The summed E-state index contributed by atoms with van der Waals surface area (Å²) in [4.78, 5) is 18.1. The highest BCUT2D eigenvalue weighted by molar-refractivity contribution is 9.10. The van der Waals surface area contributed by atoms with Crippen LogP contribution < -0.4 is 15.0 Å². The van der Waals surface area contributed by atoms with Crippen molar-refractivity contribution >= 4 is 33.0 Å². The molecule has 0 spiro atoms. The van der Waals surface area contributed by atoms with Crippen molar-refractivity contribution in [2.75, 3.05) is 7.11 Å². The molecule has 180 valence electrons. The lowest BCUT2D eigenvalue weighted by atomic mass is 10.1. The molecule has 6 nitrogen and oxygen atoms in total. The van der Waals surface area contributed by atoms with Gasteiger partial charge in [-0.3, -0.25) is 4.79 Å². The van der Waals surface area contributed by atoms with E-state index in [1.54, 1.807) is 19.4 Å². The molecular weight excluding hydrogens is 506 g/mol.